The van der Waals surface area contributed by atoms with Gasteiger partial charge in [0, 0.05) is 28.1 Å². The Labute approximate surface area is 153 Å². The summed E-state index contributed by atoms with van der Waals surface area (Å²) in [4.78, 5) is 0. The Kier molecular flexibility index (Phi) is 7.22. The van der Waals surface area contributed by atoms with Crippen molar-refractivity contribution in [1.82, 2.24) is 5.32 Å². The van der Waals surface area contributed by atoms with E-state index in [1.807, 2.05) is 30.3 Å². The predicted molar refractivity (Wildman–Crippen MR) is 99.6 cm³/mol. The highest BCUT2D eigenvalue weighted by molar-refractivity contribution is 9.11. The standard InChI is InChI=1S/C17H18Br2ClNO/c1-2-7-22-17-13(8-14(18)9-15(17)19)11-21-10-12-5-3-4-6-16(12)20/h3-6,8-9,21H,2,7,10-11H2,1H3. The quantitative estimate of drug-likeness (QED) is 0.567. The van der Waals surface area contributed by atoms with Crippen molar-refractivity contribution in [2.24, 2.45) is 0 Å². The van der Waals surface area contributed by atoms with Gasteiger partial charge >= 0.3 is 0 Å². The second-order valence-corrected chi connectivity index (χ2v) is 7.10. The topological polar surface area (TPSA) is 21.3 Å². The molecule has 0 radical (unpaired) electrons. The van der Waals surface area contributed by atoms with E-state index in [1.165, 1.54) is 0 Å². The van der Waals surface area contributed by atoms with Gasteiger partial charge in [-0.1, -0.05) is 52.7 Å². The fourth-order valence-corrected chi connectivity index (χ4v) is 3.72. The summed E-state index contributed by atoms with van der Waals surface area (Å²) in [6.45, 7) is 4.24. The highest BCUT2D eigenvalue weighted by atomic mass is 79.9. The second kappa shape index (κ2) is 8.92. The summed E-state index contributed by atoms with van der Waals surface area (Å²) < 4.78 is 7.85. The minimum Gasteiger partial charge on any atom is -0.492 e. The number of rotatable bonds is 7. The number of ether oxygens (including phenoxy) is 1. The average Bonchev–Trinajstić information content (AvgIpc) is 2.48. The molecular weight excluding hydrogens is 429 g/mol. The van der Waals surface area contributed by atoms with Gasteiger partial charge in [0.15, 0.2) is 0 Å². The van der Waals surface area contributed by atoms with Crippen LogP contribution < -0.4 is 10.1 Å². The Balaban J connectivity index is 2.06. The third kappa shape index (κ3) is 4.98. The lowest BCUT2D eigenvalue weighted by Gasteiger charge is -2.14. The first-order valence-corrected chi connectivity index (χ1v) is 9.13. The molecule has 5 heteroatoms. The van der Waals surface area contributed by atoms with E-state index in [0.29, 0.717) is 13.2 Å². The third-order valence-electron chi connectivity index (χ3n) is 3.12. The summed E-state index contributed by atoms with van der Waals surface area (Å²) in [5.41, 5.74) is 2.20. The van der Waals surface area contributed by atoms with Crippen LogP contribution in [0, 0.1) is 0 Å². The highest BCUT2D eigenvalue weighted by Gasteiger charge is 2.10. The monoisotopic (exact) mass is 445 g/mol. The maximum Gasteiger partial charge on any atom is 0.138 e. The van der Waals surface area contributed by atoms with Gasteiger partial charge in [-0.05, 0) is 46.1 Å². The molecule has 0 aliphatic carbocycles. The highest BCUT2D eigenvalue weighted by Crippen LogP contribution is 2.33. The summed E-state index contributed by atoms with van der Waals surface area (Å²) >= 11 is 13.3. The zero-order valence-electron chi connectivity index (χ0n) is 12.3. The van der Waals surface area contributed by atoms with Crippen molar-refractivity contribution < 1.29 is 4.74 Å². The van der Waals surface area contributed by atoms with E-state index in [1.54, 1.807) is 0 Å². The van der Waals surface area contributed by atoms with Crippen molar-refractivity contribution in [3.05, 3.63) is 61.5 Å². The number of nitrogens with one attached hydrogen (secondary N) is 1. The minimum atomic E-state index is 0.706. The Morgan fingerprint density at radius 2 is 1.82 bits per heavy atom. The first-order valence-electron chi connectivity index (χ1n) is 7.16. The van der Waals surface area contributed by atoms with Crippen LogP contribution in [0.3, 0.4) is 0 Å². The SMILES string of the molecule is CCCOc1c(Br)cc(Br)cc1CNCc1ccccc1Cl. The van der Waals surface area contributed by atoms with E-state index in [-0.39, 0.29) is 0 Å². The van der Waals surface area contributed by atoms with E-state index >= 15 is 0 Å². The summed E-state index contributed by atoms with van der Waals surface area (Å²) in [7, 11) is 0. The van der Waals surface area contributed by atoms with Crippen LogP contribution in [0.25, 0.3) is 0 Å². The third-order valence-corrected chi connectivity index (χ3v) is 4.54. The van der Waals surface area contributed by atoms with Crippen molar-refractivity contribution in [2.75, 3.05) is 6.61 Å². The predicted octanol–water partition coefficient (Wildman–Crippen LogP) is 5.94. The zero-order valence-corrected chi connectivity index (χ0v) is 16.3. The van der Waals surface area contributed by atoms with Gasteiger partial charge in [-0.2, -0.15) is 0 Å². The molecule has 0 amide bonds. The summed E-state index contributed by atoms with van der Waals surface area (Å²) in [5, 5.41) is 4.21. The number of benzene rings is 2. The fraction of sp³-hybridized carbons (Fsp3) is 0.294. The first-order chi connectivity index (χ1) is 10.6. The molecule has 2 nitrogen and oxygen atoms in total. The average molecular weight is 448 g/mol. The summed E-state index contributed by atoms with van der Waals surface area (Å²) in [5.74, 6) is 0.900. The lowest BCUT2D eigenvalue weighted by molar-refractivity contribution is 0.311. The van der Waals surface area contributed by atoms with Gasteiger partial charge < -0.3 is 10.1 Å². The number of hydrogen-bond acceptors (Lipinski definition) is 2. The van der Waals surface area contributed by atoms with Gasteiger partial charge in [0.2, 0.25) is 0 Å². The molecular formula is C17H18Br2ClNO. The van der Waals surface area contributed by atoms with Crippen LogP contribution >= 0.6 is 43.5 Å². The molecule has 0 heterocycles. The summed E-state index contributed by atoms with van der Waals surface area (Å²) in [6.07, 6.45) is 0.981. The van der Waals surface area contributed by atoms with E-state index in [9.17, 15) is 0 Å². The van der Waals surface area contributed by atoms with Crippen molar-refractivity contribution in [3.63, 3.8) is 0 Å². The fourth-order valence-electron chi connectivity index (χ4n) is 2.08. The van der Waals surface area contributed by atoms with Crippen LogP contribution in [0.2, 0.25) is 5.02 Å². The molecule has 118 valence electrons. The number of halogens is 3. The van der Waals surface area contributed by atoms with Gasteiger partial charge in [0.05, 0.1) is 11.1 Å². The molecule has 0 aromatic heterocycles. The molecule has 0 unspecified atom stereocenters. The van der Waals surface area contributed by atoms with Crippen LogP contribution in [-0.4, -0.2) is 6.61 Å². The smallest absolute Gasteiger partial charge is 0.138 e. The van der Waals surface area contributed by atoms with E-state index in [2.05, 4.69) is 50.2 Å². The lowest BCUT2D eigenvalue weighted by Crippen LogP contribution is -2.14. The Morgan fingerprint density at radius 3 is 2.55 bits per heavy atom. The Morgan fingerprint density at radius 1 is 1.09 bits per heavy atom. The molecule has 2 aromatic rings. The van der Waals surface area contributed by atoms with Crippen LogP contribution in [-0.2, 0) is 13.1 Å². The maximum absolute atomic E-state index is 6.18. The van der Waals surface area contributed by atoms with Crippen LogP contribution in [0.5, 0.6) is 5.75 Å². The van der Waals surface area contributed by atoms with Crippen molar-refractivity contribution in [3.8, 4) is 5.75 Å². The van der Waals surface area contributed by atoms with E-state index in [0.717, 1.165) is 43.8 Å². The molecule has 0 saturated heterocycles. The molecule has 0 atom stereocenters. The first kappa shape index (κ1) is 17.8. The zero-order chi connectivity index (χ0) is 15.9. The molecule has 22 heavy (non-hydrogen) atoms. The van der Waals surface area contributed by atoms with E-state index < -0.39 is 0 Å². The van der Waals surface area contributed by atoms with Crippen molar-refractivity contribution in [1.29, 1.82) is 0 Å². The normalized spacial score (nSPS) is 10.7. The Bertz CT molecular complexity index is 634. The lowest BCUT2D eigenvalue weighted by atomic mass is 10.2. The molecule has 2 aromatic carbocycles. The summed E-state index contributed by atoms with van der Waals surface area (Å²) in [6, 6.07) is 11.9. The van der Waals surface area contributed by atoms with Crippen LogP contribution in [0.15, 0.2) is 45.3 Å². The molecule has 0 bridgehead atoms. The van der Waals surface area contributed by atoms with Gasteiger partial charge in [-0.25, -0.2) is 0 Å². The second-order valence-electron chi connectivity index (χ2n) is 4.92. The van der Waals surface area contributed by atoms with Gasteiger partial charge in [0.1, 0.15) is 5.75 Å². The molecule has 0 aliphatic rings. The van der Waals surface area contributed by atoms with Gasteiger partial charge in [-0.15, -0.1) is 0 Å². The maximum atomic E-state index is 6.18. The number of hydrogen-bond donors (Lipinski definition) is 1. The van der Waals surface area contributed by atoms with Crippen molar-refractivity contribution >= 4 is 43.5 Å². The molecule has 0 aliphatic heterocycles. The largest absolute Gasteiger partial charge is 0.492 e. The Hall–Kier alpha value is -0.550. The minimum absolute atomic E-state index is 0.706. The van der Waals surface area contributed by atoms with Crippen LogP contribution in [0.4, 0.5) is 0 Å². The van der Waals surface area contributed by atoms with Gasteiger partial charge in [0.25, 0.3) is 0 Å². The van der Waals surface area contributed by atoms with Crippen molar-refractivity contribution in [2.45, 2.75) is 26.4 Å². The van der Waals surface area contributed by atoms with Crippen LogP contribution in [0.1, 0.15) is 24.5 Å². The molecule has 2 rings (SSSR count). The van der Waals surface area contributed by atoms with Gasteiger partial charge in [-0.3, -0.25) is 0 Å². The molecule has 0 fully saturated rings. The molecule has 1 N–H and O–H groups in total. The van der Waals surface area contributed by atoms with E-state index in [4.69, 9.17) is 16.3 Å². The molecule has 0 saturated carbocycles. The molecule has 0 spiro atoms.